The van der Waals surface area contributed by atoms with Crippen molar-refractivity contribution in [2.75, 3.05) is 58.3 Å². The van der Waals surface area contributed by atoms with Crippen molar-refractivity contribution in [3.63, 3.8) is 0 Å². The van der Waals surface area contributed by atoms with Crippen LogP contribution in [0.4, 0.5) is 10.2 Å². The summed E-state index contributed by atoms with van der Waals surface area (Å²) < 4.78 is 46.7. The van der Waals surface area contributed by atoms with E-state index in [2.05, 4.69) is 15.2 Å². The van der Waals surface area contributed by atoms with Gasteiger partial charge in [0.25, 0.3) is 0 Å². The molecule has 2 saturated heterocycles. The second-order valence-electron chi connectivity index (χ2n) is 8.34. The minimum Gasteiger partial charge on any atom is -0.381 e. The van der Waals surface area contributed by atoms with Gasteiger partial charge in [-0.15, -0.1) is 0 Å². The number of benzene rings is 1. The number of rotatable bonds is 6. The number of halogens is 1. The largest absolute Gasteiger partial charge is 0.381 e. The van der Waals surface area contributed by atoms with Gasteiger partial charge in [0.1, 0.15) is 16.5 Å². The third-order valence-electron chi connectivity index (χ3n) is 6.33. The second-order valence-corrected chi connectivity index (χ2v) is 10.3. The van der Waals surface area contributed by atoms with Crippen LogP contribution in [0.25, 0.3) is 0 Å². The maximum atomic E-state index is 13.9. The Morgan fingerprint density at radius 2 is 1.87 bits per heavy atom. The Bertz CT molecular complexity index is 986. The van der Waals surface area contributed by atoms with Crippen molar-refractivity contribution in [3.8, 4) is 0 Å². The molecule has 2 aliphatic heterocycles. The standard InChI is InChI=1S/C22H29FN4O3S/c1-26-9-11-27(12-10-26)31(28,29)20-5-6-21(24-16-20)25-17-22(7-13-30-14-8-22)18-3-2-4-19(23)15-18/h2-6,15-16H,7-14,17H2,1H3,(H,24,25). The lowest BCUT2D eigenvalue weighted by molar-refractivity contribution is 0.0542. The van der Waals surface area contributed by atoms with Gasteiger partial charge >= 0.3 is 0 Å². The van der Waals surface area contributed by atoms with Crippen LogP contribution < -0.4 is 5.32 Å². The van der Waals surface area contributed by atoms with Gasteiger partial charge in [-0.05, 0) is 49.7 Å². The van der Waals surface area contributed by atoms with Gasteiger partial charge in [-0.1, -0.05) is 12.1 Å². The Hall–Kier alpha value is -2.07. The molecule has 4 rings (SSSR count). The third-order valence-corrected chi connectivity index (χ3v) is 8.21. The molecule has 1 aromatic heterocycles. The summed E-state index contributed by atoms with van der Waals surface area (Å²) in [5, 5.41) is 3.33. The topological polar surface area (TPSA) is 74.8 Å². The first-order valence-electron chi connectivity index (χ1n) is 10.6. The first-order valence-corrected chi connectivity index (χ1v) is 12.1. The number of anilines is 1. The minimum absolute atomic E-state index is 0.202. The lowest BCUT2D eigenvalue weighted by Crippen LogP contribution is -2.47. The molecular weight excluding hydrogens is 419 g/mol. The van der Waals surface area contributed by atoms with Crippen molar-refractivity contribution >= 4 is 15.8 Å². The third kappa shape index (κ3) is 4.90. The number of nitrogens with zero attached hydrogens (tertiary/aromatic N) is 3. The lowest BCUT2D eigenvalue weighted by atomic mass is 9.74. The number of ether oxygens (including phenoxy) is 1. The maximum absolute atomic E-state index is 13.9. The number of aromatic nitrogens is 1. The summed E-state index contributed by atoms with van der Waals surface area (Å²) in [5.74, 6) is 0.347. The minimum atomic E-state index is -3.54. The van der Waals surface area contributed by atoms with E-state index >= 15 is 0 Å². The van der Waals surface area contributed by atoms with E-state index in [0.29, 0.717) is 38.7 Å². The number of nitrogens with one attached hydrogen (secondary N) is 1. The van der Waals surface area contributed by atoms with Gasteiger partial charge in [0.05, 0.1) is 0 Å². The van der Waals surface area contributed by atoms with E-state index in [9.17, 15) is 12.8 Å². The smallest absolute Gasteiger partial charge is 0.244 e. The van der Waals surface area contributed by atoms with Crippen molar-refractivity contribution in [1.82, 2.24) is 14.2 Å². The van der Waals surface area contributed by atoms with Gasteiger partial charge in [0.2, 0.25) is 10.0 Å². The van der Waals surface area contributed by atoms with E-state index in [1.807, 2.05) is 13.1 Å². The van der Waals surface area contributed by atoms with Gasteiger partial charge in [-0.2, -0.15) is 4.31 Å². The molecule has 0 bridgehead atoms. The fraction of sp³-hybridized carbons (Fsp3) is 0.500. The molecule has 3 heterocycles. The first kappa shape index (κ1) is 22.1. The Morgan fingerprint density at radius 1 is 1.13 bits per heavy atom. The number of likely N-dealkylation sites (N-methyl/N-ethyl adjacent to an activating group) is 1. The van der Waals surface area contributed by atoms with Crippen LogP contribution in [0.15, 0.2) is 47.5 Å². The molecule has 9 heteroatoms. The molecule has 0 spiro atoms. The van der Waals surface area contributed by atoms with E-state index in [1.54, 1.807) is 24.3 Å². The summed E-state index contributed by atoms with van der Waals surface area (Å²) in [6.45, 7) is 4.21. The van der Waals surface area contributed by atoms with Crippen LogP contribution in [0.2, 0.25) is 0 Å². The fourth-order valence-electron chi connectivity index (χ4n) is 4.22. The Balaban J connectivity index is 1.47. The zero-order valence-electron chi connectivity index (χ0n) is 17.8. The van der Waals surface area contributed by atoms with Crippen molar-refractivity contribution < 1.29 is 17.5 Å². The molecular formula is C22H29FN4O3S. The number of pyridine rings is 1. The molecule has 7 nitrogen and oxygen atoms in total. The van der Waals surface area contributed by atoms with Crippen LogP contribution in [0.3, 0.4) is 0 Å². The molecule has 2 aliphatic rings. The van der Waals surface area contributed by atoms with Crippen LogP contribution in [0.5, 0.6) is 0 Å². The maximum Gasteiger partial charge on any atom is 0.244 e. The SMILES string of the molecule is CN1CCN(S(=O)(=O)c2ccc(NCC3(c4cccc(F)c4)CCOCC3)nc2)CC1. The van der Waals surface area contributed by atoms with Crippen LogP contribution in [-0.2, 0) is 20.2 Å². The molecule has 31 heavy (non-hydrogen) atoms. The van der Waals surface area contributed by atoms with E-state index in [-0.39, 0.29) is 16.1 Å². The van der Waals surface area contributed by atoms with Crippen molar-refractivity contribution in [2.24, 2.45) is 0 Å². The molecule has 2 fully saturated rings. The predicted octanol–water partition coefficient (Wildman–Crippen LogP) is 2.32. The normalized spacial score (nSPS) is 20.5. The number of piperazine rings is 1. The van der Waals surface area contributed by atoms with Crippen molar-refractivity contribution in [3.05, 3.63) is 54.0 Å². The molecule has 2 aromatic rings. The summed E-state index contributed by atoms with van der Waals surface area (Å²) in [6, 6.07) is 10.0. The molecule has 168 valence electrons. The molecule has 0 amide bonds. The highest BCUT2D eigenvalue weighted by atomic mass is 32.2. The monoisotopic (exact) mass is 448 g/mol. The van der Waals surface area contributed by atoms with E-state index < -0.39 is 10.0 Å². The Morgan fingerprint density at radius 3 is 2.52 bits per heavy atom. The molecule has 0 saturated carbocycles. The highest BCUT2D eigenvalue weighted by molar-refractivity contribution is 7.89. The van der Waals surface area contributed by atoms with Crippen molar-refractivity contribution in [2.45, 2.75) is 23.2 Å². The highest BCUT2D eigenvalue weighted by Gasteiger charge is 2.35. The van der Waals surface area contributed by atoms with Gasteiger partial charge in [0, 0.05) is 57.5 Å². The van der Waals surface area contributed by atoms with Crippen LogP contribution in [0, 0.1) is 5.82 Å². The summed E-state index contributed by atoms with van der Waals surface area (Å²) in [4.78, 5) is 6.66. The summed E-state index contributed by atoms with van der Waals surface area (Å²) in [7, 11) is -1.55. The van der Waals surface area contributed by atoms with E-state index in [0.717, 1.165) is 31.5 Å². The Labute approximate surface area is 183 Å². The number of sulfonamides is 1. The number of hydrogen-bond donors (Lipinski definition) is 1. The first-order chi connectivity index (χ1) is 14.9. The molecule has 0 atom stereocenters. The van der Waals surface area contributed by atoms with Crippen LogP contribution in [0.1, 0.15) is 18.4 Å². The molecule has 0 unspecified atom stereocenters. The quantitative estimate of drug-likeness (QED) is 0.731. The summed E-state index contributed by atoms with van der Waals surface area (Å²) in [5.41, 5.74) is 0.685. The highest BCUT2D eigenvalue weighted by Crippen LogP contribution is 2.35. The Kier molecular flexibility index (Phi) is 6.57. The number of hydrogen-bond acceptors (Lipinski definition) is 6. The molecule has 0 aliphatic carbocycles. The molecule has 1 aromatic carbocycles. The van der Waals surface area contributed by atoms with Gasteiger partial charge in [-0.3, -0.25) is 0 Å². The molecule has 1 N–H and O–H groups in total. The van der Waals surface area contributed by atoms with Gasteiger partial charge in [0.15, 0.2) is 0 Å². The van der Waals surface area contributed by atoms with Crippen molar-refractivity contribution in [1.29, 1.82) is 0 Å². The van der Waals surface area contributed by atoms with Crippen LogP contribution in [-0.4, -0.2) is 75.6 Å². The van der Waals surface area contributed by atoms with Gasteiger partial charge in [-0.25, -0.2) is 17.8 Å². The molecule has 0 radical (unpaired) electrons. The zero-order valence-corrected chi connectivity index (χ0v) is 18.6. The fourth-order valence-corrected chi connectivity index (χ4v) is 5.59. The summed E-state index contributed by atoms with van der Waals surface area (Å²) in [6.07, 6.45) is 2.97. The van der Waals surface area contributed by atoms with Gasteiger partial charge < -0.3 is 15.0 Å². The summed E-state index contributed by atoms with van der Waals surface area (Å²) >= 11 is 0. The average molecular weight is 449 g/mol. The lowest BCUT2D eigenvalue weighted by Gasteiger charge is -2.38. The van der Waals surface area contributed by atoms with Crippen LogP contribution >= 0.6 is 0 Å². The average Bonchev–Trinajstić information content (AvgIpc) is 2.79. The predicted molar refractivity (Wildman–Crippen MR) is 117 cm³/mol. The second kappa shape index (κ2) is 9.20. The zero-order chi connectivity index (χ0) is 21.9. The van der Waals surface area contributed by atoms with E-state index in [1.165, 1.54) is 16.6 Å². The van der Waals surface area contributed by atoms with E-state index in [4.69, 9.17) is 4.74 Å².